The maximum Gasteiger partial charge on any atom is 0.202 e. The molecule has 0 N–H and O–H groups in total. The largest absolute Gasteiger partial charge is 0.291 e. The maximum atomic E-state index is 9.86. The Morgan fingerprint density at radius 2 is 2.08 bits per heavy atom. The lowest BCUT2D eigenvalue weighted by Gasteiger charge is -1.99. The van der Waals surface area contributed by atoms with Gasteiger partial charge in [-0.3, -0.25) is 4.79 Å². The van der Waals surface area contributed by atoms with E-state index in [1.54, 1.807) is 0 Å². The lowest BCUT2D eigenvalue weighted by atomic mass is 10.1. The van der Waals surface area contributed by atoms with Gasteiger partial charge in [-0.1, -0.05) is 38.2 Å². The predicted octanol–water partition coefficient (Wildman–Crippen LogP) is 3.03. The summed E-state index contributed by atoms with van der Waals surface area (Å²) in [6.45, 7) is 4.26. The second-order valence-electron chi connectivity index (χ2n) is 2.87. The van der Waals surface area contributed by atoms with E-state index in [1.165, 1.54) is 0 Å². The first-order valence-electron chi connectivity index (χ1n) is 4.48. The molecule has 0 bridgehead atoms. The van der Waals surface area contributed by atoms with Gasteiger partial charge in [0, 0.05) is 6.42 Å². The maximum absolute atomic E-state index is 9.86. The molecule has 67 valence electrons. The minimum atomic E-state index is 0.418. The van der Waals surface area contributed by atoms with Crippen LogP contribution in [0.4, 0.5) is 0 Å². The van der Waals surface area contributed by atoms with E-state index < -0.39 is 0 Å². The van der Waals surface area contributed by atoms with Crippen molar-refractivity contribution in [3.63, 3.8) is 0 Å². The molecule has 0 aromatic rings. The average Bonchev–Trinajstić information content (AvgIpc) is 2.06. The normalized spacial score (nSPS) is 14.2. The third-order valence-electron chi connectivity index (χ3n) is 1.58. The van der Waals surface area contributed by atoms with Gasteiger partial charge in [0.1, 0.15) is 0 Å². The summed E-state index contributed by atoms with van der Waals surface area (Å²) in [5, 5.41) is 0. The standard InChI is InChI=1S/C11H17O/c1-3-4-5-8-11(2)9-6-7-10-12/h4-6,9,11H,3,7-8H2,1-2H3/b5-4+,9-6+. The Bertz CT molecular complexity index is 156. The molecule has 1 atom stereocenters. The number of carbonyl (C=O) groups excluding carboxylic acids is 1. The molecule has 12 heavy (non-hydrogen) atoms. The second-order valence-corrected chi connectivity index (χ2v) is 2.87. The SMILES string of the molecule is CC/C=C/CC(C)/C=C/C[C]=O. The number of allylic oxidation sites excluding steroid dienone is 4. The van der Waals surface area contributed by atoms with Crippen LogP contribution in [-0.2, 0) is 4.79 Å². The molecule has 0 aliphatic heterocycles. The van der Waals surface area contributed by atoms with E-state index in [4.69, 9.17) is 0 Å². The van der Waals surface area contributed by atoms with Crippen molar-refractivity contribution < 1.29 is 4.79 Å². The first-order chi connectivity index (χ1) is 5.81. The molecule has 0 amide bonds. The highest BCUT2D eigenvalue weighted by Crippen LogP contribution is 2.05. The van der Waals surface area contributed by atoms with E-state index in [2.05, 4.69) is 32.1 Å². The molecule has 0 aromatic heterocycles. The summed E-state index contributed by atoms with van der Waals surface area (Å²) >= 11 is 0. The first-order valence-corrected chi connectivity index (χ1v) is 4.48. The van der Waals surface area contributed by atoms with Crippen molar-refractivity contribution in [2.45, 2.75) is 33.1 Å². The van der Waals surface area contributed by atoms with Gasteiger partial charge in [-0.25, -0.2) is 0 Å². The fraction of sp³-hybridized carbons (Fsp3) is 0.545. The van der Waals surface area contributed by atoms with Crippen LogP contribution >= 0.6 is 0 Å². The lowest BCUT2D eigenvalue weighted by Crippen LogP contribution is -1.85. The van der Waals surface area contributed by atoms with Crippen molar-refractivity contribution >= 4 is 6.29 Å². The zero-order valence-electron chi connectivity index (χ0n) is 7.92. The molecule has 0 heterocycles. The zero-order valence-corrected chi connectivity index (χ0v) is 7.92. The van der Waals surface area contributed by atoms with E-state index in [9.17, 15) is 4.79 Å². The van der Waals surface area contributed by atoms with Crippen LogP contribution in [0.25, 0.3) is 0 Å². The summed E-state index contributed by atoms with van der Waals surface area (Å²) in [6, 6.07) is 0. The fourth-order valence-corrected chi connectivity index (χ4v) is 0.905. The van der Waals surface area contributed by atoms with Gasteiger partial charge in [0.05, 0.1) is 0 Å². The van der Waals surface area contributed by atoms with Gasteiger partial charge in [0.2, 0.25) is 6.29 Å². The molecular formula is C11H17O. The van der Waals surface area contributed by atoms with E-state index in [0.717, 1.165) is 12.8 Å². The fourth-order valence-electron chi connectivity index (χ4n) is 0.905. The van der Waals surface area contributed by atoms with Gasteiger partial charge < -0.3 is 0 Å². The summed E-state index contributed by atoms with van der Waals surface area (Å²) in [5.41, 5.74) is 0. The van der Waals surface area contributed by atoms with Crippen LogP contribution in [0.2, 0.25) is 0 Å². The summed E-state index contributed by atoms with van der Waals surface area (Å²) in [4.78, 5) is 9.86. The number of hydrogen-bond acceptors (Lipinski definition) is 1. The van der Waals surface area contributed by atoms with Crippen molar-refractivity contribution in [1.29, 1.82) is 0 Å². The molecule has 0 saturated carbocycles. The van der Waals surface area contributed by atoms with Crippen LogP contribution in [-0.4, -0.2) is 6.29 Å². The van der Waals surface area contributed by atoms with E-state index in [0.29, 0.717) is 12.3 Å². The number of rotatable bonds is 6. The Balaban J connectivity index is 3.50. The van der Waals surface area contributed by atoms with Crippen LogP contribution in [0, 0.1) is 5.92 Å². The van der Waals surface area contributed by atoms with E-state index in [1.807, 2.05) is 12.4 Å². The van der Waals surface area contributed by atoms with Gasteiger partial charge in [-0.05, 0) is 18.8 Å². The topological polar surface area (TPSA) is 17.1 Å². The molecular weight excluding hydrogens is 148 g/mol. The van der Waals surface area contributed by atoms with Crippen LogP contribution in [0.15, 0.2) is 24.3 Å². The van der Waals surface area contributed by atoms with Crippen molar-refractivity contribution in [2.75, 3.05) is 0 Å². The summed E-state index contributed by atoms with van der Waals surface area (Å²) in [6.07, 6.45) is 12.7. The quantitative estimate of drug-likeness (QED) is 0.553. The van der Waals surface area contributed by atoms with E-state index >= 15 is 0 Å². The number of hydrogen-bond donors (Lipinski definition) is 0. The van der Waals surface area contributed by atoms with Crippen LogP contribution < -0.4 is 0 Å². The van der Waals surface area contributed by atoms with Gasteiger partial charge in [-0.2, -0.15) is 0 Å². The van der Waals surface area contributed by atoms with Crippen molar-refractivity contribution in [1.82, 2.24) is 0 Å². The van der Waals surface area contributed by atoms with Gasteiger partial charge in [0.15, 0.2) is 0 Å². The summed E-state index contributed by atoms with van der Waals surface area (Å²) in [7, 11) is 0. The molecule has 0 spiro atoms. The van der Waals surface area contributed by atoms with Crippen LogP contribution in [0.3, 0.4) is 0 Å². The van der Waals surface area contributed by atoms with Crippen LogP contribution in [0.1, 0.15) is 33.1 Å². The summed E-state index contributed by atoms with van der Waals surface area (Å²) in [5.74, 6) is 0.529. The molecule has 1 unspecified atom stereocenters. The molecule has 0 saturated heterocycles. The van der Waals surface area contributed by atoms with Crippen molar-refractivity contribution in [3.05, 3.63) is 24.3 Å². The van der Waals surface area contributed by atoms with Crippen molar-refractivity contribution in [3.8, 4) is 0 Å². The second kappa shape index (κ2) is 8.25. The third-order valence-corrected chi connectivity index (χ3v) is 1.58. The Labute approximate surface area is 75.2 Å². The molecule has 1 heteroatoms. The first kappa shape index (κ1) is 11.2. The van der Waals surface area contributed by atoms with E-state index in [-0.39, 0.29) is 0 Å². The molecule has 1 radical (unpaired) electrons. The molecule has 0 fully saturated rings. The highest BCUT2D eigenvalue weighted by atomic mass is 16.1. The zero-order chi connectivity index (χ0) is 9.23. The minimum absolute atomic E-state index is 0.418. The Morgan fingerprint density at radius 3 is 2.67 bits per heavy atom. The Morgan fingerprint density at radius 1 is 1.33 bits per heavy atom. The molecule has 0 rings (SSSR count). The predicted molar refractivity (Wildman–Crippen MR) is 52.7 cm³/mol. The highest BCUT2D eigenvalue weighted by Gasteiger charge is 1.91. The minimum Gasteiger partial charge on any atom is -0.291 e. The third kappa shape index (κ3) is 7.26. The Kier molecular flexibility index (Phi) is 7.66. The monoisotopic (exact) mass is 165 g/mol. The molecule has 1 nitrogen and oxygen atoms in total. The molecule has 0 aliphatic carbocycles. The van der Waals surface area contributed by atoms with Gasteiger partial charge in [0.25, 0.3) is 0 Å². The molecule has 0 aliphatic rings. The molecule has 0 aromatic carbocycles. The smallest absolute Gasteiger partial charge is 0.202 e. The summed E-state index contributed by atoms with van der Waals surface area (Å²) < 4.78 is 0. The average molecular weight is 165 g/mol. The van der Waals surface area contributed by atoms with Crippen LogP contribution in [0.5, 0.6) is 0 Å². The lowest BCUT2D eigenvalue weighted by molar-refractivity contribution is 0.556. The van der Waals surface area contributed by atoms with Crippen molar-refractivity contribution in [2.24, 2.45) is 5.92 Å². The van der Waals surface area contributed by atoms with Gasteiger partial charge in [-0.15, -0.1) is 0 Å². The van der Waals surface area contributed by atoms with Gasteiger partial charge >= 0.3 is 0 Å². The highest BCUT2D eigenvalue weighted by molar-refractivity contribution is 5.52. The Hall–Kier alpha value is -0.850.